The maximum absolute atomic E-state index is 13.5. The van der Waals surface area contributed by atoms with Crippen LogP contribution in [-0.2, 0) is 10.0 Å². The Bertz CT molecular complexity index is 551. The fraction of sp³-hybridized carbons (Fsp3) is 0.500. The van der Waals surface area contributed by atoms with Crippen molar-refractivity contribution in [2.45, 2.75) is 43.5 Å². The van der Waals surface area contributed by atoms with Crippen molar-refractivity contribution in [1.82, 2.24) is 4.72 Å². The van der Waals surface area contributed by atoms with Gasteiger partial charge >= 0.3 is 0 Å². The molecule has 100 valence electrons. The number of halogens is 1. The van der Waals surface area contributed by atoms with Crippen LogP contribution in [0.25, 0.3) is 0 Å². The number of benzene rings is 1. The predicted molar refractivity (Wildman–Crippen MR) is 68.1 cm³/mol. The summed E-state index contributed by atoms with van der Waals surface area (Å²) in [5, 5.41) is 0. The first-order chi connectivity index (χ1) is 8.40. The maximum Gasteiger partial charge on any atom is 0.241 e. The molecule has 0 atom stereocenters. The average molecular weight is 272 g/mol. The van der Waals surface area contributed by atoms with Gasteiger partial charge in [0.05, 0.1) is 4.90 Å². The SMILES string of the molecule is Cc1c(F)cc(N)cc1S(=O)(=O)NC1CCCC1. The first-order valence-corrected chi connectivity index (χ1v) is 7.46. The van der Waals surface area contributed by atoms with Crippen LogP contribution in [0, 0.1) is 12.7 Å². The summed E-state index contributed by atoms with van der Waals surface area (Å²) in [5.74, 6) is -0.596. The number of hydrogen-bond donors (Lipinski definition) is 2. The molecular weight excluding hydrogens is 255 g/mol. The monoisotopic (exact) mass is 272 g/mol. The standard InChI is InChI=1S/C12H17FN2O2S/c1-8-11(13)6-9(14)7-12(8)18(16,17)15-10-4-2-3-5-10/h6-7,10,15H,2-5,14H2,1H3. The number of rotatable bonds is 3. The van der Waals surface area contributed by atoms with Gasteiger partial charge in [0.1, 0.15) is 5.82 Å². The fourth-order valence-corrected chi connectivity index (χ4v) is 3.87. The molecule has 1 fully saturated rings. The molecule has 6 heteroatoms. The van der Waals surface area contributed by atoms with Crippen LogP contribution in [0.4, 0.5) is 10.1 Å². The van der Waals surface area contributed by atoms with Gasteiger partial charge in [-0.25, -0.2) is 17.5 Å². The van der Waals surface area contributed by atoms with Gasteiger partial charge < -0.3 is 5.73 Å². The fourth-order valence-electron chi connectivity index (χ4n) is 2.28. The van der Waals surface area contributed by atoms with Crippen molar-refractivity contribution in [3.63, 3.8) is 0 Å². The van der Waals surface area contributed by atoms with Gasteiger partial charge in [0.2, 0.25) is 10.0 Å². The van der Waals surface area contributed by atoms with Crippen LogP contribution in [0.2, 0.25) is 0 Å². The molecule has 1 aromatic carbocycles. The molecule has 0 aliphatic heterocycles. The quantitative estimate of drug-likeness (QED) is 0.826. The Hall–Kier alpha value is -1.14. The lowest BCUT2D eigenvalue weighted by Crippen LogP contribution is -2.33. The third-order valence-electron chi connectivity index (χ3n) is 3.29. The van der Waals surface area contributed by atoms with Gasteiger partial charge in [-0.1, -0.05) is 12.8 Å². The molecule has 2 rings (SSSR count). The van der Waals surface area contributed by atoms with Crippen molar-refractivity contribution in [2.24, 2.45) is 0 Å². The number of sulfonamides is 1. The first kappa shape index (κ1) is 13.3. The summed E-state index contributed by atoms with van der Waals surface area (Å²) >= 11 is 0. The number of nitrogens with one attached hydrogen (secondary N) is 1. The molecule has 0 heterocycles. The minimum absolute atomic E-state index is 0.0427. The van der Waals surface area contributed by atoms with Crippen molar-refractivity contribution in [3.05, 3.63) is 23.5 Å². The molecule has 3 N–H and O–H groups in total. The highest BCUT2D eigenvalue weighted by Crippen LogP contribution is 2.24. The van der Waals surface area contributed by atoms with Crippen LogP contribution in [-0.4, -0.2) is 14.5 Å². The summed E-state index contributed by atoms with van der Waals surface area (Å²) in [6.07, 6.45) is 3.72. The highest BCUT2D eigenvalue weighted by molar-refractivity contribution is 7.89. The Labute approximate surface area is 106 Å². The first-order valence-electron chi connectivity index (χ1n) is 5.98. The molecule has 1 aromatic rings. The topological polar surface area (TPSA) is 72.2 Å². The van der Waals surface area contributed by atoms with Crippen molar-refractivity contribution >= 4 is 15.7 Å². The lowest BCUT2D eigenvalue weighted by Gasteiger charge is -2.15. The van der Waals surface area contributed by atoms with Gasteiger partial charge in [-0.05, 0) is 31.9 Å². The van der Waals surface area contributed by atoms with Crippen LogP contribution in [0.1, 0.15) is 31.2 Å². The van der Waals surface area contributed by atoms with E-state index in [1.807, 2.05) is 0 Å². The summed E-state index contributed by atoms with van der Waals surface area (Å²) in [6, 6.07) is 2.39. The Kier molecular flexibility index (Phi) is 3.59. The van der Waals surface area contributed by atoms with E-state index in [0.29, 0.717) is 0 Å². The molecule has 0 amide bonds. The zero-order valence-corrected chi connectivity index (χ0v) is 11.1. The summed E-state index contributed by atoms with van der Waals surface area (Å²) in [7, 11) is -3.69. The summed E-state index contributed by atoms with van der Waals surface area (Å²) < 4.78 is 40.5. The molecular formula is C12H17FN2O2S. The Balaban J connectivity index is 2.34. The van der Waals surface area contributed by atoms with Crippen LogP contribution in [0.15, 0.2) is 17.0 Å². The Morgan fingerprint density at radius 3 is 2.56 bits per heavy atom. The second-order valence-electron chi connectivity index (χ2n) is 4.73. The lowest BCUT2D eigenvalue weighted by atomic mass is 10.2. The van der Waals surface area contributed by atoms with E-state index < -0.39 is 15.8 Å². The van der Waals surface area contributed by atoms with Crippen molar-refractivity contribution in [1.29, 1.82) is 0 Å². The van der Waals surface area contributed by atoms with E-state index in [4.69, 9.17) is 5.73 Å². The molecule has 0 unspecified atom stereocenters. The molecule has 0 aromatic heterocycles. The second-order valence-corrected chi connectivity index (χ2v) is 6.41. The normalized spacial score (nSPS) is 17.2. The Morgan fingerprint density at radius 1 is 1.33 bits per heavy atom. The number of nitrogens with two attached hydrogens (primary N) is 1. The van der Waals surface area contributed by atoms with Crippen LogP contribution >= 0.6 is 0 Å². The van der Waals surface area contributed by atoms with Crippen molar-refractivity contribution in [3.8, 4) is 0 Å². The van der Waals surface area contributed by atoms with Gasteiger partial charge in [-0.15, -0.1) is 0 Å². The van der Waals surface area contributed by atoms with E-state index in [1.165, 1.54) is 13.0 Å². The number of anilines is 1. The molecule has 0 radical (unpaired) electrons. The van der Waals surface area contributed by atoms with E-state index in [1.54, 1.807) is 0 Å². The molecule has 1 saturated carbocycles. The second kappa shape index (κ2) is 4.85. The zero-order valence-electron chi connectivity index (χ0n) is 10.2. The van der Waals surface area contributed by atoms with Crippen molar-refractivity contribution < 1.29 is 12.8 Å². The summed E-state index contributed by atoms with van der Waals surface area (Å²) in [4.78, 5) is -0.0631. The van der Waals surface area contributed by atoms with Gasteiger partial charge in [0.25, 0.3) is 0 Å². The minimum atomic E-state index is -3.69. The van der Waals surface area contributed by atoms with Gasteiger partial charge in [0.15, 0.2) is 0 Å². The van der Waals surface area contributed by atoms with E-state index in [-0.39, 0.29) is 22.2 Å². The zero-order chi connectivity index (χ0) is 13.3. The molecule has 0 saturated heterocycles. The molecule has 0 spiro atoms. The third-order valence-corrected chi connectivity index (χ3v) is 4.93. The molecule has 1 aliphatic carbocycles. The maximum atomic E-state index is 13.5. The van der Waals surface area contributed by atoms with E-state index in [0.717, 1.165) is 31.7 Å². The molecule has 18 heavy (non-hydrogen) atoms. The highest BCUT2D eigenvalue weighted by atomic mass is 32.2. The van der Waals surface area contributed by atoms with E-state index >= 15 is 0 Å². The van der Waals surface area contributed by atoms with Gasteiger partial charge in [-0.3, -0.25) is 0 Å². The summed E-state index contributed by atoms with van der Waals surface area (Å²) in [5.41, 5.74) is 5.72. The molecule has 0 bridgehead atoms. The van der Waals surface area contributed by atoms with Crippen LogP contribution in [0.5, 0.6) is 0 Å². The third kappa shape index (κ3) is 2.64. The largest absolute Gasteiger partial charge is 0.399 e. The minimum Gasteiger partial charge on any atom is -0.399 e. The van der Waals surface area contributed by atoms with E-state index in [9.17, 15) is 12.8 Å². The number of nitrogen functional groups attached to an aromatic ring is 1. The van der Waals surface area contributed by atoms with Gasteiger partial charge in [-0.2, -0.15) is 0 Å². The van der Waals surface area contributed by atoms with Crippen molar-refractivity contribution in [2.75, 3.05) is 5.73 Å². The smallest absolute Gasteiger partial charge is 0.241 e. The average Bonchev–Trinajstić information content (AvgIpc) is 2.75. The Morgan fingerprint density at radius 2 is 1.94 bits per heavy atom. The molecule has 4 nitrogen and oxygen atoms in total. The number of hydrogen-bond acceptors (Lipinski definition) is 3. The molecule has 1 aliphatic rings. The van der Waals surface area contributed by atoms with E-state index in [2.05, 4.69) is 4.72 Å². The van der Waals surface area contributed by atoms with Crippen LogP contribution < -0.4 is 10.5 Å². The summed E-state index contributed by atoms with van der Waals surface area (Å²) in [6.45, 7) is 1.44. The van der Waals surface area contributed by atoms with Gasteiger partial charge in [0, 0.05) is 17.3 Å². The highest BCUT2D eigenvalue weighted by Gasteiger charge is 2.25. The van der Waals surface area contributed by atoms with Crippen LogP contribution in [0.3, 0.4) is 0 Å². The lowest BCUT2D eigenvalue weighted by molar-refractivity contribution is 0.548. The predicted octanol–water partition coefficient (Wildman–Crippen LogP) is 1.94.